The van der Waals surface area contributed by atoms with Gasteiger partial charge in [0.1, 0.15) is 0 Å². The molecule has 2 saturated carbocycles. The van der Waals surface area contributed by atoms with E-state index in [4.69, 9.17) is 9.47 Å². The van der Waals surface area contributed by atoms with Gasteiger partial charge in [-0.15, -0.1) is 0 Å². The van der Waals surface area contributed by atoms with Gasteiger partial charge in [-0.3, -0.25) is 0 Å². The summed E-state index contributed by atoms with van der Waals surface area (Å²) in [5.74, 6) is 1.83. The molecule has 2 aromatic rings. The van der Waals surface area contributed by atoms with Crippen LogP contribution in [-0.2, 0) is 0 Å². The molecule has 2 nitrogen and oxygen atoms in total. The Balaban J connectivity index is 1.75. The quantitative estimate of drug-likeness (QED) is 0.796. The summed E-state index contributed by atoms with van der Waals surface area (Å²) in [4.78, 5) is 0. The Hall–Kier alpha value is -1.96. The fourth-order valence-electron chi connectivity index (χ4n) is 2.29. The van der Waals surface area contributed by atoms with Crippen molar-refractivity contribution in [1.82, 2.24) is 0 Å². The summed E-state index contributed by atoms with van der Waals surface area (Å²) in [6, 6.07) is 16.6. The maximum atomic E-state index is 6.15. The Bertz CT molecular complexity index is 598. The molecule has 2 fully saturated rings. The van der Waals surface area contributed by atoms with E-state index >= 15 is 0 Å². The lowest BCUT2D eigenvalue weighted by atomic mass is 10.0. The van der Waals surface area contributed by atoms with E-state index in [-0.39, 0.29) is 0 Å². The van der Waals surface area contributed by atoms with Gasteiger partial charge in [-0.2, -0.15) is 0 Å². The van der Waals surface area contributed by atoms with Gasteiger partial charge in [-0.05, 0) is 37.3 Å². The van der Waals surface area contributed by atoms with Gasteiger partial charge in [-0.25, -0.2) is 0 Å². The van der Waals surface area contributed by atoms with Gasteiger partial charge in [0.05, 0.1) is 12.2 Å². The summed E-state index contributed by atoms with van der Waals surface area (Å²) >= 11 is 0. The summed E-state index contributed by atoms with van der Waals surface area (Å²) in [7, 11) is 0. The van der Waals surface area contributed by atoms with Crippen LogP contribution in [0.5, 0.6) is 11.5 Å². The van der Waals surface area contributed by atoms with Gasteiger partial charge in [0.15, 0.2) is 11.5 Å². The first-order valence-electron chi connectivity index (χ1n) is 7.42. The van der Waals surface area contributed by atoms with Crippen LogP contribution in [0.1, 0.15) is 25.7 Å². The zero-order valence-corrected chi connectivity index (χ0v) is 11.4. The van der Waals surface area contributed by atoms with Gasteiger partial charge in [0, 0.05) is 5.56 Å². The Morgan fingerprint density at radius 1 is 0.700 bits per heavy atom. The van der Waals surface area contributed by atoms with E-state index < -0.39 is 0 Å². The number of hydrogen-bond acceptors (Lipinski definition) is 2. The lowest BCUT2D eigenvalue weighted by Gasteiger charge is -2.16. The van der Waals surface area contributed by atoms with Crippen LogP contribution in [0.4, 0.5) is 0 Å². The number of benzene rings is 2. The van der Waals surface area contributed by atoms with Crippen LogP contribution in [0, 0.1) is 0 Å². The van der Waals surface area contributed by atoms with Crippen LogP contribution < -0.4 is 9.47 Å². The molecule has 0 spiro atoms. The van der Waals surface area contributed by atoms with Gasteiger partial charge in [0.2, 0.25) is 0 Å². The summed E-state index contributed by atoms with van der Waals surface area (Å²) in [6.07, 6.45) is 5.42. The van der Waals surface area contributed by atoms with Crippen LogP contribution in [0.15, 0.2) is 48.5 Å². The standard InChI is InChI=1S/C18H18O2/c1-2-5-13(6-3-1)16-7-4-8-17(19-14-9-10-14)18(16)20-15-11-12-15/h1-8,14-15H,9-12H2. The fourth-order valence-corrected chi connectivity index (χ4v) is 2.29. The highest BCUT2D eigenvalue weighted by Gasteiger charge is 2.29. The average Bonchev–Trinajstić information content (AvgIpc) is 3.37. The van der Waals surface area contributed by atoms with Gasteiger partial charge in [-0.1, -0.05) is 42.5 Å². The van der Waals surface area contributed by atoms with E-state index in [1.807, 2.05) is 12.1 Å². The van der Waals surface area contributed by atoms with E-state index in [0.29, 0.717) is 12.2 Å². The third kappa shape index (κ3) is 2.51. The molecule has 20 heavy (non-hydrogen) atoms. The third-order valence-corrected chi connectivity index (χ3v) is 3.69. The SMILES string of the molecule is c1ccc(-c2cccc(OC3CC3)c2OC2CC2)cc1. The molecule has 0 radical (unpaired) electrons. The molecule has 0 amide bonds. The molecule has 2 heteroatoms. The number of para-hydroxylation sites is 1. The molecule has 0 saturated heterocycles. The van der Waals surface area contributed by atoms with E-state index in [1.165, 1.54) is 18.4 Å². The Labute approximate surface area is 119 Å². The summed E-state index contributed by atoms with van der Waals surface area (Å²) in [5, 5.41) is 0. The van der Waals surface area contributed by atoms with Gasteiger partial charge >= 0.3 is 0 Å². The zero-order valence-electron chi connectivity index (χ0n) is 11.4. The monoisotopic (exact) mass is 266 g/mol. The highest BCUT2D eigenvalue weighted by atomic mass is 16.5. The van der Waals surface area contributed by atoms with Crippen LogP contribution in [-0.4, -0.2) is 12.2 Å². The summed E-state index contributed by atoms with van der Waals surface area (Å²) in [5.41, 5.74) is 2.32. The predicted molar refractivity (Wildman–Crippen MR) is 79.2 cm³/mol. The molecular weight excluding hydrogens is 248 g/mol. The molecular formula is C18H18O2. The highest BCUT2D eigenvalue weighted by molar-refractivity contribution is 5.73. The van der Waals surface area contributed by atoms with Gasteiger partial charge in [0.25, 0.3) is 0 Å². The van der Waals surface area contributed by atoms with E-state index in [9.17, 15) is 0 Å². The van der Waals surface area contributed by atoms with Crippen LogP contribution in [0.3, 0.4) is 0 Å². The molecule has 0 aliphatic heterocycles. The molecule has 0 heterocycles. The van der Waals surface area contributed by atoms with E-state index in [2.05, 4.69) is 36.4 Å². The maximum Gasteiger partial charge on any atom is 0.169 e. The van der Waals surface area contributed by atoms with Crippen molar-refractivity contribution in [2.75, 3.05) is 0 Å². The first-order chi connectivity index (χ1) is 9.90. The van der Waals surface area contributed by atoms with E-state index in [1.54, 1.807) is 0 Å². The Morgan fingerprint density at radius 2 is 1.40 bits per heavy atom. The molecule has 0 bridgehead atoms. The van der Waals surface area contributed by atoms with Crippen LogP contribution in [0.25, 0.3) is 11.1 Å². The second-order valence-corrected chi connectivity index (χ2v) is 5.63. The minimum Gasteiger partial charge on any atom is -0.487 e. The van der Waals surface area contributed by atoms with E-state index in [0.717, 1.165) is 29.9 Å². The topological polar surface area (TPSA) is 18.5 Å². The zero-order chi connectivity index (χ0) is 13.4. The van der Waals surface area contributed by atoms with Crippen molar-refractivity contribution in [1.29, 1.82) is 0 Å². The smallest absolute Gasteiger partial charge is 0.169 e. The summed E-state index contributed by atoms with van der Waals surface area (Å²) in [6.45, 7) is 0. The van der Waals surface area contributed by atoms with Crippen LogP contribution >= 0.6 is 0 Å². The molecule has 0 aromatic heterocycles. The molecule has 2 aromatic carbocycles. The predicted octanol–water partition coefficient (Wildman–Crippen LogP) is 4.44. The molecule has 0 unspecified atom stereocenters. The second-order valence-electron chi connectivity index (χ2n) is 5.63. The largest absolute Gasteiger partial charge is 0.487 e. The van der Waals surface area contributed by atoms with Crippen LogP contribution in [0.2, 0.25) is 0 Å². The van der Waals surface area contributed by atoms with Crippen molar-refractivity contribution >= 4 is 0 Å². The minimum atomic E-state index is 0.376. The van der Waals surface area contributed by atoms with Crippen molar-refractivity contribution in [3.05, 3.63) is 48.5 Å². The normalized spacial score (nSPS) is 17.8. The number of rotatable bonds is 5. The summed E-state index contributed by atoms with van der Waals surface area (Å²) < 4.78 is 12.2. The second kappa shape index (κ2) is 4.86. The lowest BCUT2D eigenvalue weighted by Crippen LogP contribution is -2.03. The lowest BCUT2D eigenvalue weighted by molar-refractivity contribution is 0.254. The molecule has 102 valence electrons. The maximum absolute atomic E-state index is 6.15. The third-order valence-electron chi connectivity index (χ3n) is 3.69. The van der Waals surface area contributed by atoms with Crippen molar-refractivity contribution in [3.63, 3.8) is 0 Å². The molecule has 0 atom stereocenters. The minimum absolute atomic E-state index is 0.376. The van der Waals surface area contributed by atoms with Crippen molar-refractivity contribution in [3.8, 4) is 22.6 Å². The Kier molecular flexibility index (Phi) is 2.87. The first kappa shape index (κ1) is 11.8. The van der Waals surface area contributed by atoms with Crippen molar-refractivity contribution < 1.29 is 9.47 Å². The molecule has 2 aliphatic rings. The molecule has 2 aliphatic carbocycles. The van der Waals surface area contributed by atoms with Crippen molar-refractivity contribution in [2.45, 2.75) is 37.9 Å². The Morgan fingerprint density at radius 3 is 2.10 bits per heavy atom. The highest BCUT2D eigenvalue weighted by Crippen LogP contribution is 2.43. The van der Waals surface area contributed by atoms with Gasteiger partial charge < -0.3 is 9.47 Å². The van der Waals surface area contributed by atoms with Crippen molar-refractivity contribution in [2.24, 2.45) is 0 Å². The molecule has 4 rings (SSSR count). The first-order valence-corrected chi connectivity index (χ1v) is 7.42. The molecule has 0 N–H and O–H groups in total. The number of hydrogen-bond donors (Lipinski definition) is 0. The fraction of sp³-hybridized carbons (Fsp3) is 0.333. The number of ether oxygens (including phenoxy) is 2. The average molecular weight is 266 g/mol.